The largest absolute Gasteiger partial charge is 0.497 e. The van der Waals surface area contributed by atoms with Gasteiger partial charge < -0.3 is 15.0 Å². The van der Waals surface area contributed by atoms with E-state index in [9.17, 15) is 18.0 Å². The van der Waals surface area contributed by atoms with Crippen LogP contribution in [0.2, 0.25) is 10.0 Å². The summed E-state index contributed by atoms with van der Waals surface area (Å²) >= 11 is 12.5. The zero-order chi connectivity index (χ0) is 28.6. The van der Waals surface area contributed by atoms with Crippen molar-refractivity contribution < 1.29 is 22.7 Å². The van der Waals surface area contributed by atoms with E-state index in [0.29, 0.717) is 33.5 Å². The van der Waals surface area contributed by atoms with Gasteiger partial charge in [-0.25, -0.2) is 8.42 Å². The van der Waals surface area contributed by atoms with E-state index in [1.807, 2.05) is 6.92 Å². The Kier molecular flexibility index (Phi) is 11.3. The van der Waals surface area contributed by atoms with Gasteiger partial charge in [0.15, 0.2) is 0 Å². The Balaban J connectivity index is 1.77. The number of rotatable bonds is 13. The summed E-state index contributed by atoms with van der Waals surface area (Å²) in [6.07, 6.45) is 5.92. The summed E-state index contributed by atoms with van der Waals surface area (Å²) in [5, 5.41) is 4.01. The van der Waals surface area contributed by atoms with Gasteiger partial charge >= 0.3 is 0 Å². The Labute approximate surface area is 241 Å². The molecule has 2 aromatic carbocycles. The quantitative estimate of drug-likeness (QED) is 0.333. The molecule has 2 amide bonds. The van der Waals surface area contributed by atoms with Crippen LogP contribution in [0.1, 0.15) is 57.4 Å². The summed E-state index contributed by atoms with van der Waals surface area (Å²) in [6.45, 7) is 2.12. The van der Waals surface area contributed by atoms with E-state index in [4.69, 9.17) is 27.9 Å². The first-order chi connectivity index (χ1) is 18.5. The van der Waals surface area contributed by atoms with Gasteiger partial charge in [0, 0.05) is 35.6 Å². The normalized spacial score (nSPS) is 14.6. The zero-order valence-corrected chi connectivity index (χ0v) is 25.0. The molecule has 8 nitrogen and oxygen atoms in total. The second kappa shape index (κ2) is 14.2. The second-order valence-electron chi connectivity index (χ2n) is 9.81. The van der Waals surface area contributed by atoms with Gasteiger partial charge in [0.05, 0.1) is 19.1 Å². The van der Waals surface area contributed by atoms with Crippen molar-refractivity contribution in [3.05, 3.63) is 58.1 Å². The Hall–Kier alpha value is -2.49. The maximum atomic E-state index is 13.6. The average Bonchev–Trinajstić information content (AvgIpc) is 3.40. The number of hydrogen-bond donors (Lipinski definition) is 1. The van der Waals surface area contributed by atoms with Gasteiger partial charge in [0.25, 0.3) is 0 Å². The summed E-state index contributed by atoms with van der Waals surface area (Å²) in [5.74, 6) is 0.178. The van der Waals surface area contributed by atoms with Gasteiger partial charge in [0.1, 0.15) is 11.8 Å². The van der Waals surface area contributed by atoms with E-state index in [2.05, 4.69) is 5.32 Å². The van der Waals surface area contributed by atoms with Crippen LogP contribution in [-0.2, 0) is 26.2 Å². The molecule has 2 aromatic rings. The summed E-state index contributed by atoms with van der Waals surface area (Å²) in [6, 6.07) is 11.2. The number of methoxy groups -OCH3 is 1. The summed E-state index contributed by atoms with van der Waals surface area (Å²) in [5.41, 5.74) is 1.16. The van der Waals surface area contributed by atoms with Crippen LogP contribution in [0.3, 0.4) is 0 Å². The first-order valence-electron chi connectivity index (χ1n) is 13.2. The van der Waals surface area contributed by atoms with Crippen molar-refractivity contribution in [1.29, 1.82) is 0 Å². The molecule has 1 aliphatic carbocycles. The molecule has 0 spiro atoms. The van der Waals surface area contributed by atoms with Crippen LogP contribution in [0.25, 0.3) is 0 Å². The molecule has 1 atom stereocenters. The molecule has 0 bridgehead atoms. The fourth-order valence-electron chi connectivity index (χ4n) is 4.87. The highest BCUT2D eigenvalue weighted by molar-refractivity contribution is 7.92. The molecule has 214 valence electrons. The molecule has 0 aromatic heterocycles. The molecular formula is C28H37Cl2N3O5S. The molecular weight excluding hydrogens is 561 g/mol. The van der Waals surface area contributed by atoms with E-state index >= 15 is 0 Å². The highest BCUT2D eigenvalue weighted by Crippen LogP contribution is 2.26. The van der Waals surface area contributed by atoms with Crippen molar-refractivity contribution in [1.82, 2.24) is 10.2 Å². The second-order valence-corrected chi connectivity index (χ2v) is 12.6. The number of hydrogen-bond acceptors (Lipinski definition) is 5. The number of sulfonamides is 1. The Bertz CT molecular complexity index is 1230. The van der Waals surface area contributed by atoms with E-state index in [1.54, 1.807) is 47.4 Å². The molecule has 0 aliphatic heterocycles. The van der Waals surface area contributed by atoms with Gasteiger partial charge in [-0.15, -0.1) is 0 Å². The Morgan fingerprint density at radius 3 is 2.33 bits per heavy atom. The lowest BCUT2D eigenvalue weighted by atomic mass is 10.1. The number of carbonyl (C=O) groups is 2. The van der Waals surface area contributed by atoms with Crippen molar-refractivity contribution in [2.45, 2.75) is 70.5 Å². The van der Waals surface area contributed by atoms with Crippen LogP contribution in [0.15, 0.2) is 42.5 Å². The highest BCUT2D eigenvalue weighted by atomic mass is 35.5. The number of carbonyl (C=O) groups excluding carboxylic acids is 2. The number of halogens is 2. The molecule has 11 heteroatoms. The standard InChI is InChI=1S/C28H37Cl2N3O5S/c1-4-26(28(35)31-22-8-5-6-9-22)32(19-20-11-12-21(29)18-25(20)30)27(34)10-7-17-33(39(3,36)37)23-13-15-24(38-2)16-14-23/h11-16,18,22,26H,4-10,17,19H2,1-3H3,(H,31,35). The summed E-state index contributed by atoms with van der Waals surface area (Å²) < 4.78 is 31.5. The predicted octanol–water partition coefficient (Wildman–Crippen LogP) is 5.41. The topological polar surface area (TPSA) is 96.0 Å². The molecule has 0 radical (unpaired) electrons. The van der Waals surface area contributed by atoms with Crippen molar-refractivity contribution >= 4 is 50.7 Å². The third-order valence-electron chi connectivity index (χ3n) is 6.96. The fourth-order valence-corrected chi connectivity index (χ4v) is 6.31. The van der Waals surface area contributed by atoms with Gasteiger partial charge in [-0.2, -0.15) is 0 Å². The maximum absolute atomic E-state index is 13.6. The predicted molar refractivity (Wildman–Crippen MR) is 156 cm³/mol. The van der Waals surface area contributed by atoms with E-state index in [0.717, 1.165) is 31.9 Å². The van der Waals surface area contributed by atoms with Crippen LogP contribution in [0, 0.1) is 0 Å². The third-order valence-corrected chi connectivity index (χ3v) is 8.74. The number of benzene rings is 2. The third kappa shape index (κ3) is 8.75. The molecule has 1 fully saturated rings. The van der Waals surface area contributed by atoms with Gasteiger partial charge in [-0.3, -0.25) is 13.9 Å². The van der Waals surface area contributed by atoms with Gasteiger partial charge in [0.2, 0.25) is 21.8 Å². The average molecular weight is 599 g/mol. The van der Waals surface area contributed by atoms with Crippen LogP contribution >= 0.6 is 23.2 Å². The number of nitrogens with one attached hydrogen (secondary N) is 1. The minimum Gasteiger partial charge on any atom is -0.497 e. The lowest BCUT2D eigenvalue weighted by Gasteiger charge is -2.32. The van der Waals surface area contributed by atoms with E-state index in [-0.39, 0.29) is 43.8 Å². The Morgan fingerprint density at radius 1 is 1.10 bits per heavy atom. The number of amides is 2. The molecule has 1 unspecified atom stereocenters. The number of nitrogens with zero attached hydrogens (tertiary/aromatic N) is 2. The van der Waals surface area contributed by atoms with Gasteiger partial charge in [-0.05, 0) is 67.6 Å². The zero-order valence-electron chi connectivity index (χ0n) is 22.7. The molecule has 1 N–H and O–H groups in total. The molecule has 1 saturated carbocycles. The first kappa shape index (κ1) is 31.0. The summed E-state index contributed by atoms with van der Waals surface area (Å²) in [7, 11) is -2.05. The molecule has 39 heavy (non-hydrogen) atoms. The van der Waals surface area contributed by atoms with E-state index in [1.165, 1.54) is 11.4 Å². The number of anilines is 1. The lowest BCUT2D eigenvalue weighted by molar-refractivity contribution is -0.141. The number of ether oxygens (including phenoxy) is 1. The van der Waals surface area contributed by atoms with Crippen molar-refractivity contribution in [2.24, 2.45) is 0 Å². The maximum Gasteiger partial charge on any atom is 0.243 e. The SMILES string of the molecule is CCC(C(=O)NC1CCCC1)N(Cc1ccc(Cl)cc1Cl)C(=O)CCCN(c1ccc(OC)cc1)S(C)(=O)=O. The van der Waals surface area contributed by atoms with Gasteiger partial charge in [-0.1, -0.05) is 49.0 Å². The minimum atomic E-state index is -3.59. The molecule has 1 aliphatic rings. The van der Waals surface area contributed by atoms with Crippen molar-refractivity contribution in [3.8, 4) is 5.75 Å². The van der Waals surface area contributed by atoms with E-state index < -0.39 is 16.1 Å². The molecule has 0 heterocycles. The summed E-state index contributed by atoms with van der Waals surface area (Å²) in [4.78, 5) is 28.5. The monoisotopic (exact) mass is 597 g/mol. The van der Waals surface area contributed by atoms with Crippen LogP contribution in [0.5, 0.6) is 5.75 Å². The molecule has 0 saturated heterocycles. The highest BCUT2D eigenvalue weighted by Gasteiger charge is 2.31. The Morgan fingerprint density at radius 2 is 1.77 bits per heavy atom. The first-order valence-corrected chi connectivity index (χ1v) is 15.8. The molecule has 3 rings (SSSR count). The minimum absolute atomic E-state index is 0.0561. The smallest absolute Gasteiger partial charge is 0.243 e. The fraction of sp³-hybridized carbons (Fsp3) is 0.500. The van der Waals surface area contributed by atoms with Crippen molar-refractivity contribution in [2.75, 3.05) is 24.2 Å². The van der Waals surface area contributed by atoms with Crippen LogP contribution in [-0.4, -0.2) is 57.1 Å². The van der Waals surface area contributed by atoms with Crippen LogP contribution in [0.4, 0.5) is 5.69 Å². The van der Waals surface area contributed by atoms with Crippen LogP contribution < -0.4 is 14.4 Å². The lowest BCUT2D eigenvalue weighted by Crippen LogP contribution is -2.51. The van der Waals surface area contributed by atoms with Crippen molar-refractivity contribution in [3.63, 3.8) is 0 Å².